The lowest BCUT2D eigenvalue weighted by molar-refractivity contribution is -0.138. The summed E-state index contributed by atoms with van der Waals surface area (Å²) in [4.78, 5) is 26.6. The van der Waals surface area contributed by atoms with E-state index in [2.05, 4.69) is 5.32 Å². The van der Waals surface area contributed by atoms with Crippen LogP contribution in [0.25, 0.3) is 5.57 Å². The topological polar surface area (TPSA) is 49.4 Å². The van der Waals surface area contributed by atoms with Gasteiger partial charge in [-0.3, -0.25) is 9.59 Å². The first-order valence-corrected chi connectivity index (χ1v) is 8.63. The fourth-order valence-electron chi connectivity index (χ4n) is 3.66. The molecule has 1 aromatic carbocycles. The second-order valence-corrected chi connectivity index (χ2v) is 7.01. The number of rotatable bonds is 1. The molecule has 1 aliphatic carbocycles. The number of carbonyl (C=O) groups is 2. The van der Waals surface area contributed by atoms with Crippen LogP contribution in [-0.4, -0.2) is 29.8 Å². The molecule has 120 valence electrons. The van der Waals surface area contributed by atoms with E-state index in [1.807, 2.05) is 17.0 Å². The molecule has 23 heavy (non-hydrogen) atoms. The Morgan fingerprint density at radius 1 is 1.22 bits per heavy atom. The van der Waals surface area contributed by atoms with Crippen molar-refractivity contribution in [3.63, 3.8) is 0 Å². The zero-order valence-electron chi connectivity index (χ0n) is 12.9. The fourth-order valence-corrected chi connectivity index (χ4v) is 3.83. The number of hydrogen-bond donors (Lipinski definition) is 1. The van der Waals surface area contributed by atoms with Crippen LogP contribution in [0.5, 0.6) is 0 Å². The third-order valence-corrected chi connectivity index (χ3v) is 5.45. The molecule has 0 aromatic heterocycles. The molecule has 4 rings (SSSR count). The van der Waals surface area contributed by atoms with Gasteiger partial charge in [0, 0.05) is 35.2 Å². The first-order chi connectivity index (χ1) is 11.1. The molecule has 0 unspecified atom stereocenters. The quantitative estimate of drug-likeness (QED) is 0.802. The van der Waals surface area contributed by atoms with Crippen LogP contribution in [0.1, 0.15) is 37.7 Å². The number of likely N-dealkylation sites (tertiary alicyclic amines) is 1. The number of piperidine rings is 1. The Balaban J connectivity index is 1.54. The SMILES string of the molecule is O=C1Nc2cc(Cl)ccc2C1=C1CCN(C(=O)C2CCC2)CC1. The first-order valence-electron chi connectivity index (χ1n) is 8.25. The molecule has 0 bridgehead atoms. The summed E-state index contributed by atoms with van der Waals surface area (Å²) in [6, 6.07) is 5.51. The Morgan fingerprint density at radius 2 is 1.96 bits per heavy atom. The summed E-state index contributed by atoms with van der Waals surface area (Å²) in [6.07, 6.45) is 4.82. The summed E-state index contributed by atoms with van der Waals surface area (Å²) in [6.45, 7) is 1.45. The van der Waals surface area contributed by atoms with Gasteiger partial charge >= 0.3 is 0 Å². The number of fused-ring (bicyclic) bond motifs is 1. The smallest absolute Gasteiger partial charge is 0.256 e. The zero-order valence-corrected chi connectivity index (χ0v) is 13.7. The van der Waals surface area contributed by atoms with E-state index in [4.69, 9.17) is 11.6 Å². The number of nitrogens with one attached hydrogen (secondary N) is 1. The maximum absolute atomic E-state index is 12.3. The summed E-state index contributed by atoms with van der Waals surface area (Å²) in [7, 11) is 0. The Labute approximate surface area is 140 Å². The number of anilines is 1. The average molecular weight is 331 g/mol. The molecular formula is C18H19ClN2O2. The number of carbonyl (C=O) groups excluding carboxylic acids is 2. The van der Waals surface area contributed by atoms with Crippen molar-refractivity contribution in [1.29, 1.82) is 0 Å². The van der Waals surface area contributed by atoms with E-state index in [9.17, 15) is 9.59 Å². The molecule has 2 aliphatic heterocycles. The van der Waals surface area contributed by atoms with E-state index in [1.54, 1.807) is 6.07 Å². The second kappa shape index (κ2) is 5.68. The number of amides is 2. The van der Waals surface area contributed by atoms with Gasteiger partial charge in [-0.25, -0.2) is 0 Å². The van der Waals surface area contributed by atoms with E-state index in [-0.39, 0.29) is 11.8 Å². The molecule has 1 saturated heterocycles. The van der Waals surface area contributed by atoms with E-state index in [0.717, 1.165) is 61.2 Å². The van der Waals surface area contributed by atoms with Gasteiger partial charge in [0.05, 0.1) is 5.69 Å². The molecule has 5 heteroatoms. The highest BCUT2D eigenvalue weighted by molar-refractivity contribution is 6.34. The maximum Gasteiger partial charge on any atom is 0.256 e. The number of nitrogens with zero attached hydrogens (tertiary/aromatic N) is 1. The lowest BCUT2D eigenvalue weighted by atomic mass is 9.83. The highest BCUT2D eigenvalue weighted by Crippen LogP contribution is 2.38. The Hall–Kier alpha value is -1.81. The molecule has 1 N–H and O–H groups in total. The van der Waals surface area contributed by atoms with Crippen LogP contribution in [-0.2, 0) is 9.59 Å². The summed E-state index contributed by atoms with van der Waals surface area (Å²) in [5, 5.41) is 3.52. The van der Waals surface area contributed by atoms with Gasteiger partial charge < -0.3 is 10.2 Å². The van der Waals surface area contributed by atoms with E-state index < -0.39 is 0 Å². The van der Waals surface area contributed by atoms with Crippen molar-refractivity contribution in [2.75, 3.05) is 18.4 Å². The zero-order chi connectivity index (χ0) is 16.0. The molecule has 1 aromatic rings. The van der Waals surface area contributed by atoms with Gasteiger partial charge in [0.15, 0.2) is 0 Å². The molecule has 3 aliphatic rings. The van der Waals surface area contributed by atoms with Gasteiger partial charge in [0.1, 0.15) is 0 Å². The molecular weight excluding hydrogens is 312 g/mol. The van der Waals surface area contributed by atoms with Gasteiger partial charge in [-0.2, -0.15) is 0 Å². The lowest BCUT2D eigenvalue weighted by Gasteiger charge is -2.35. The minimum Gasteiger partial charge on any atom is -0.342 e. The van der Waals surface area contributed by atoms with Gasteiger partial charge in [-0.05, 0) is 37.8 Å². The standard InChI is InChI=1S/C18H19ClN2O2/c19-13-4-5-14-15(10-13)20-17(22)16(14)11-6-8-21(9-7-11)18(23)12-2-1-3-12/h4-5,10,12H,1-3,6-9H2,(H,20,22). The minimum atomic E-state index is -0.0453. The first kappa shape index (κ1) is 14.8. The third-order valence-electron chi connectivity index (χ3n) is 5.21. The molecule has 2 heterocycles. The van der Waals surface area contributed by atoms with Crippen LogP contribution in [0, 0.1) is 5.92 Å². The maximum atomic E-state index is 12.3. The predicted octanol–water partition coefficient (Wildman–Crippen LogP) is 3.47. The molecule has 2 amide bonds. The van der Waals surface area contributed by atoms with Crippen LogP contribution >= 0.6 is 11.6 Å². The van der Waals surface area contributed by atoms with Gasteiger partial charge in [0.2, 0.25) is 5.91 Å². The van der Waals surface area contributed by atoms with Crippen molar-refractivity contribution in [1.82, 2.24) is 4.90 Å². The van der Waals surface area contributed by atoms with Crippen molar-refractivity contribution in [2.45, 2.75) is 32.1 Å². The summed E-state index contributed by atoms with van der Waals surface area (Å²) < 4.78 is 0. The molecule has 0 atom stereocenters. The molecule has 0 radical (unpaired) electrons. The van der Waals surface area contributed by atoms with Crippen molar-refractivity contribution >= 4 is 34.7 Å². The van der Waals surface area contributed by atoms with Crippen LogP contribution in [0.2, 0.25) is 5.02 Å². The Morgan fingerprint density at radius 3 is 2.61 bits per heavy atom. The molecule has 0 spiro atoms. The van der Waals surface area contributed by atoms with Crippen molar-refractivity contribution < 1.29 is 9.59 Å². The normalized spacial score (nSPS) is 21.1. The van der Waals surface area contributed by atoms with Crippen molar-refractivity contribution in [2.24, 2.45) is 5.92 Å². The molecule has 1 saturated carbocycles. The van der Waals surface area contributed by atoms with Crippen LogP contribution in [0.3, 0.4) is 0 Å². The highest BCUT2D eigenvalue weighted by Gasteiger charge is 2.33. The monoisotopic (exact) mass is 330 g/mol. The van der Waals surface area contributed by atoms with Gasteiger partial charge in [-0.15, -0.1) is 0 Å². The van der Waals surface area contributed by atoms with Crippen LogP contribution in [0.4, 0.5) is 5.69 Å². The second-order valence-electron chi connectivity index (χ2n) is 6.58. The molecule has 2 fully saturated rings. The van der Waals surface area contributed by atoms with Crippen LogP contribution < -0.4 is 5.32 Å². The summed E-state index contributed by atoms with van der Waals surface area (Å²) >= 11 is 6.00. The number of halogens is 1. The van der Waals surface area contributed by atoms with E-state index in [0.29, 0.717) is 10.9 Å². The largest absolute Gasteiger partial charge is 0.342 e. The Bertz CT molecular complexity index is 712. The lowest BCUT2D eigenvalue weighted by Crippen LogP contribution is -2.42. The Kier molecular flexibility index (Phi) is 3.64. The highest BCUT2D eigenvalue weighted by atomic mass is 35.5. The predicted molar refractivity (Wildman–Crippen MR) is 90.2 cm³/mol. The van der Waals surface area contributed by atoms with Gasteiger partial charge in [0.25, 0.3) is 5.91 Å². The molecule has 4 nitrogen and oxygen atoms in total. The fraction of sp³-hybridized carbons (Fsp3) is 0.444. The van der Waals surface area contributed by atoms with Crippen molar-refractivity contribution in [3.8, 4) is 0 Å². The van der Waals surface area contributed by atoms with E-state index >= 15 is 0 Å². The average Bonchev–Trinajstić information content (AvgIpc) is 2.80. The summed E-state index contributed by atoms with van der Waals surface area (Å²) in [5.41, 5.74) is 3.67. The van der Waals surface area contributed by atoms with Gasteiger partial charge in [-0.1, -0.05) is 29.7 Å². The van der Waals surface area contributed by atoms with Crippen LogP contribution in [0.15, 0.2) is 23.8 Å². The van der Waals surface area contributed by atoms with E-state index in [1.165, 1.54) is 6.42 Å². The minimum absolute atomic E-state index is 0.0453. The van der Waals surface area contributed by atoms with Crippen molar-refractivity contribution in [3.05, 3.63) is 34.4 Å². The number of hydrogen-bond acceptors (Lipinski definition) is 2. The third kappa shape index (κ3) is 2.55. The summed E-state index contributed by atoms with van der Waals surface area (Å²) in [5.74, 6) is 0.515. The number of benzene rings is 1.